The minimum absolute atomic E-state index is 0.0335. The van der Waals surface area contributed by atoms with Gasteiger partial charge in [0.1, 0.15) is 28.8 Å². The maximum absolute atomic E-state index is 13.7. The highest BCUT2D eigenvalue weighted by atomic mass is 35.5. The summed E-state index contributed by atoms with van der Waals surface area (Å²) >= 11 is 5.91. The summed E-state index contributed by atoms with van der Waals surface area (Å²) in [6.45, 7) is 9.84. The van der Waals surface area contributed by atoms with Gasteiger partial charge in [0.15, 0.2) is 0 Å². The predicted molar refractivity (Wildman–Crippen MR) is 158 cm³/mol. The minimum Gasteiger partial charge on any atom is -0.494 e. The van der Waals surface area contributed by atoms with E-state index >= 15 is 0 Å². The first-order chi connectivity index (χ1) is 19.8. The van der Waals surface area contributed by atoms with Crippen molar-refractivity contribution in [2.24, 2.45) is 0 Å². The molecule has 1 unspecified atom stereocenters. The van der Waals surface area contributed by atoms with Crippen LogP contribution in [0, 0.1) is 0 Å². The molecule has 1 aliphatic rings. The Labute approximate surface area is 251 Å². The number of hydrogen-bond acceptors (Lipinski definition) is 11. The van der Waals surface area contributed by atoms with E-state index in [-0.39, 0.29) is 11.9 Å². The van der Waals surface area contributed by atoms with Crippen LogP contribution in [0.5, 0.6) is 11.5 Å². The lowest BCUT2D eigenvalue weighted by molar-refractivity contribution is -0.234. The molecule has 3 aromatic rings. The van der Waals surface area contributed by atoms with Gasteiger partial charge in [0.05, 0.1) is 30.1 Å². The topological polar surface area (TPSA) is 154 Å². The second kappa shape index (κ2) is 12.7. The molecule has 230 valence electrons. The van der Waals surface area contributed by atoms with Crippen molar-refractivity contribution >= 4 is 27.6 Å². The fourth-order valence-corrected chi connectivity index (χ4v) is 6.07. The summed E-state index contributed by atoms with van der Waals surface area (Å²) in [5.74, 6) is 0.853. The molecule has 1 aliphatic heterocycles. The van der Waals surface area contributed by atoms with Crippen LogP contribution in [0.15, 0.2) is 30.6 Å². The fraction of sp³-hybridized carbons (Fsp3) is 0.556. The first-order valence-corrected chi connectivity index (χ1v) is 15.4. The Morgan fingerprint density at radius 1 is 1.10 bits per heavy atom. The van der Waals surface area contributed by atoms with Crippen LogP contribution < -0.4 is 14.2 Å². The van der Waals surface area contributed by atoms with Gasteiger partial charge in [-0.2, -0.15) is 0 Å². The van der Waals surface area contributed by atoms with Crippen molar-refractivity contribution in [2.75, 3.05) is 32.0 Å². The number of rotatable bonds is 11. The molecule has 0 spiro atoms. The van der Waals surface area contributed by atoms with Crippen LogP contribution in [0.3, 0.4) is 0 Å². The van der Waals surface area contributed by atoms with Gasteiger partial charge in [0.25, 0.3) is 0 Å². The number of nitrogens with one attached hydrogen (secondary N) is 1. The highest BCUT2D eigenvalue weighted by molar-refractivity contribution is 7.93. The molecular formula is C27H38ClN7O6S. The van der Waals surface area contributed by atoms with Crippen LogP contribution in [0.4, 0.5) is 5.95 Å². The first kappa shape index (κ1) is 31.9. The molecule has 2 aromatic heterocycles. The molecule has 2 N–H and O–H groups in total. The summed E-state index contributed by atoms with van der Waals surface area (Å²) in [6.07, 6.45) is 2.37. The SMILES string of the molecule is COc1cccc(OC)c1-n1c(NS(=O)(=O)[C@@H](C)[C@H](C)c2ncc(Cl)cn2)nnc1[C@@H]1CCN(C(O)OC(C)(C)C)C1. The number of benzene rings is 1. The quantitative estimate of drug-likeness (QED) is 0.301. The van der Waals surface area contributed by atoms with Crippen molar-refractivity contribution in [1.82, 2.24) is 29.6 Å². The highest BCUT2D eigenvalue weighted by Crippen LogP contribution is 2.39. The van der Waals surface area contributed by atoms with Gasteiger partial charge in [-0.3, -0.25) is 14.2 Å². The van der Waals surface area contributed by atoms with E-state index in [0.717, 1.165) is 0 Å². The van der Waals surface area contributed by atoms with Crippen molar-refractivity contribution in [1.29, 1.82) is 0 Å². The number of sulfonamides is 1. The lowest BCUT2D eigenvalue weighted by atomic mass is 10.1. The van der Waals surface area contributed by atoms with Crippen LogP contribution in [0.2, 0.25) is 5.02 Å². The number of aromatic nitrogens is 5. The van der Waals surface area contributed by atoms with E-state index in [2.05, 4.69) is 24.9 Å². The van der Waals surface area contributed by atoms with Crippen LogP contribution in [-0.2, 0) is 14.8 Å². The van der Waals surface area contributed by atoms with E-state index in [0.29, 0.717) is 53.4 Å². The maximum Gasteiger partial charge on any atom is 0.243 e. The van der Waals surface area contributed by atoms with Gasteiger partial charge in [0, 0.05) is 37.3 Å². The largest absolute Gasteiger partial charge is 0.494 e. The van der Waals surface area contributed by atoms with Crippen LogP contribution >= 0.6 is 11.6 Å². The predicted octanol–water partition coefficient (Wildman–Crippen LogP) is 3.54. The van der Waals surface area contributed by atoms with E-state index in [1.165, 1.54) is 26.6 Å². The normalized spacial score (nSPS) is 18.5. The molecule has 4 atom stereocenters. The summed E-state index contributed by atoms with van der Waals surface area (Å²) < 4.78 is 48.7. The summed E-state index contributed by atoms with van der Waals surface area (Å²) in [6, 6.07) is 5.25. The monoisotopic (exact) mass is 623 g/mol. The van der Waals surface area contributed by atoms with Crippen molar-refractivity contribution in [3.63, 3.8) is 0 Å². The van der Waals surface area contributed by atoms with E-state index < -0.39 is 33.2 Å². The number of hydrogen-bond donors (Lipinski definition) is 2. The van der Waals surface area contributed by atoms with Crippen molar-refractivity contribution in [3.05, 3.63) is 47.3 Å². The molecule has 42 heavy (non-hydrogen) atoms. The first-order valence-electron chi connectivity index (χ1n) is 13.5. The average molecular weight is 624 g/mol. The molecule has 13 nitrogen and oxygen atoms in total. The van der Waals surface area contributed by atoms with Gasteiger partial charge in [-0.1, -0.05) is 24.6 Å². The van der Waals surface area contributed by atoms with Crippen molar-refractivity contribution in [2.45, 2.75) is 70.1 Å². The molecule has 1 fully saturated rings. The van der Waals surface area contributed by atoms with Gasteiger partial charge < -0.3 is 19.3 Å². The number of methoxy groups -OCH3 is 2. The zero-order chi connectivity index (χ0) is 30.8. The summed E-state index contributed by atoms with van der Waals surface area (Å²) in [4.78, 5) is 10.2. The molecule has 0 radical (unpaired) electrons. The number of aliphatic hydroxyl groups excluding tert-OH is 1. The Hall–Kier alpha value is -3.04. The number of likely N-dealkylation sites (tertiary alicyclic amines) is 1. The van der Waals surface area contributed by atoms with Gasteiger partial charge in [-0.05, 0) is 46.2 Å². The Balaban J connectivity index is 1.73. The van der Waals surface area contributed by atoms with Gasteiger partial charge in [-0.25, -0.2) is 18.4 Å². The molecule has 0 bridgehead atoms. The van der Waals surface area contributed by atoms with E-state index in [9.17, 15) is 13.5 Å². The number of para-hydroxylation sites is 1. The number of ether oxygens (including phenoxy) is 3. The summed E-state index contributed by atoms with van der Waals surface area (Å²) in [5, 5.41) is 18.8. The molecular weight excluding hydrogens is 586 g/mol. The third kappa shape index (κ3) is 6.94. The third-order valence-corrected chi connectivity index (χ3v) is 9.19. The molecule has 0 amide bonds. The molecule has 1 saturated heterocycles. The molecule has 15 heteroatoms. The summed E-state index contributed by atoms with van der Waals surface area (Å²) in [7, 11) is -1.01. The smallest absolute Gasteiger partial charge is 0.243 e. The molecule has 1 aromatic carbocycles. The highest BCUT2D eigenvalue weighted by Gasteiger charge is 2.37. The Morgan fingerprint density at radius 2 is 1.71 bits per heavy atom. The van der Waals surface area contributed by atoms with Crippen molar-refractivity contribution in [3.8, 4) is 17.2 Å². The summed E-state index contributed by atoms with van der Waals surface area (Å²) in [5.41, 5.74) is -0.106. The number of aliphatic hydroxyl groups is 1. The van der Waals surface area contributed by atoms with Gasteiger partial charge >= 0.3 is 0 Å². The third-order valence-electron chi connectivity index (χ3n) is 7.14. The number of halogens is 1. The van der Waals surface area contributed by atoms with Crippen LogP contribution in [0.25, 0.3) is 5.69 Å². The Morgan fingerprint density at radius 3 is 2.29 bits per heavy atom. The van der Waals surface area contributed by atoms with E-state index in [4.69, 9.17) is 25.8 Å². The van der Waals surface area contributed by atoms with Crippen LogP contribution in [0.1, 0.15) is 64.5 Å². The van der Waals surface area contributed by atoms with Gasteiger partial charge in [0.2, 0.25) is 22.4 Å². The second-order valence-corrected chi connectivity index (χ2v) is 13.6. The molecule has 0 saturated carbocycles. The number of anilines is 1. The lowest BCUT2D eigenvalue weighted by Crippen LogP contribution is -2.40. The standard InChI is InChI=1S/C27H38ClN7O6S/c1-16(23-29-13-19(28)14-30-23)17(2)42(37,38)33-25-32-31-24(18-11-12-34(15-18)26(36)41-27(3,4)5)35(25)22-20(39-6)9-8-10-21(22)40-7/h8-10,13-14,16-18,26,36H,11-12,15H2,1-7H3,(H,32,33)/t16-,17-,18+,26?/m0/s1. The van der Waals surface area contributed by atoms with Crippen molar-refractivity contribution < 1.29 is 27.7 Å². The minimum atomic E-state index is -4.03. The van der Waals surface area contributed by atoms with Crippen LogP contribution in [-0.4, -0.2) is 87.7 Å². The lowest BCUT2D eigenvalue weighted by Gasteiger charge is -2.29. The Kier molecular flexibility index (Phi) is 9.62. The maximum atomic E-state index is 13.7. The zero-order valence-electron chi connectivity index (χ0n) is 24.8. The second-order valence-electron chi connectivity index (χ2n) is 11.2. The van der Waals surface area contributed by atoms with E-state index in [1.54, 1.807) is 41.5 Å². The number of nitrogens with zero attached hydrogens (tertiary/aromatic N) is 6. The van der Waals surface area contributed by atoms with Gasteiger partial charge in [-0.15, -0.1) is 10.2 Å². The molecule has 4 rings (SSSR count). The van der Waals surface area contributed by atoms with E-state index in [1.807, 2.05) is 20.8 Å². The zero-order valence-corrected chi connectivity index (χ0v) is 26.3. The molecule has 3 heterocycles. The fourth-order valence-electron chi connectivity index (χ4n) is 4.74. The molecule has 0 aliphatic carbocycles. The average Bonchev–Trinajstić information content (AvgIpc) is 3.58. The Bertz CT molecular complexity index is 1460.